The van der Waals surface area contributed by atoms with Crippen molar-refractivity contribution in [1.29, 1.82) is 0 Å². The van der Waals surface area contributed by atoms with E-state index >= 15 is 0 Å². The number of sulfonamides is 1. The Bertz CT molecular complexity index is 1200. The van der Waals surface area contributed by atoms with E-state index in [-0.39, 0.29) is 29.6 Å². The summed E-state index contributed by atoms with van der Waals surface area (Å²) in [6, 6.07) is 8.87. The number of piperidine rings is 1. The number of hydrogen-bond acceptors (Lipinski definition) is 5. The van der Waals surface area contributed by atoms with E-state index in [1.165, 1.54) is 28.6 Å². The third-order valence-electron chi connectivity index (χ3n) is 5.97. The van der Waals surface area contributed by atoms with Gasteiger partial charge < -0.3 is 15.4 Å². The number of fused-ring (bicyclic) bond motifs is 1. The van der Waals surface area contributed by atoms with E-state index in [4.69, 9.17) is 4.74 Å². The zero-order chi connectivity index (χ0) is 23.8. The number of halogens is 1. The molecule has 1 fully saturated rings. The van der Waals surface area contributed by atoms with Crippen molar-refractivity contribution in [3.8, 4) is 5.75 Å². The van der Waals surface area contributed by atoms with E-state index in [0.717, 1.165) is 0 Å². The topological polar surface area (TPSA) is 105 Å². The first-order valence-corrected chi connectivity index (χ1v) is 12.3. The zero-order valence-corrected chi connectivity index (χ0v) is 19.2. The monoisotopic (exact) mass is 475 g/mol. The van der Waals surface area contributed by atoms with Gasteiger partial charge in [-0.05, 0) is 49.9 Å². The fourth-order valence-electron chi connectivity index (χ4n) is 4.14. The summed E-state index contributed by atoms with van der Waals surface area (Å²) < 4.78 is 47.9. The van der Waals surface area contributed by atoms with Crippen LogP contribution in [0.3, 0.4) is 0 Å². The van der Waals surface area contributed by atoms with Crippen LogP contribution in [0.15, 0.2) is 41.3 Å². The Balaban J connectivity index is 1.55. The molecule has 33 heavy (non-hydrogen) atoms. The number of ether oxygens (including phenoxy) is 1. The lowest BCUT2D eigenvalue weighted by Gasteiger charge is -2.32. The number of aryl methyl sites for hydroxylation is 1. The first kappa shape index (κ1) is 23.2. The number of nitrogens with zero attached hydrogens (tertiary/aromatic N) is 1. The van der Waals surface area contributed by atoms with Crippen LogP contribution in [0.2, 0.25) is 0 Å². The predicted molar refractivity (Wildman–Crippen MR) is 121 cm³/mol. The number of para-hydroxylation sites is 1. The number of carbonyl (C=O) groups excluding carboxylic acids is 2. The van der Waals surface area contributed by atoms with E-state index in [1.807, 2.05) is 0 Å². The minimum Gasteiger partial charge on any atom is -0.478 e. The summed E-state index contributed by atoms with van der Waals surface area (Å²) in [5.41, 5.74) is 0.963. The van der Waals surface area contributed by atoms with Crippen molar-refractivity contribution < 1.29 is 27.1 Å². The summed E-state index contributed by atoms with van der Waals surface area (Å²) in [5.74, 6) is -1.53. The van der Waals surface area contributed by atoms with Crippen molar-refractivity contribution in [2.45, 2.75) is 44.1 Å². The average molecular weight is 476 g/mol. The van der Waals surface area contributed by atoms with Gasteiger partial charge in [0.2, 0.25) is 15.9 Å². The lowest BCUT2D eigenvalue weighted by molar-refractivity contribution is -0.123. The highest BCUT2D eigenvalue weighted by atomic mass is 32.2. The van der Waals surface area contributed by atoms with E-state index in [9.17, 15) is 22.4 Å². The third kappa shape index (κ3) is 4.58. The Labute approximate surface area is 192 Å². The molecule has 2 aliphatic rings. The normalized spacial score (nSPS) is 21.0. The van der Waals surface area contributed by atoms with Crippen LogP contribution >= 0.6 is 0 Å². The Morgan fingerprint density at radius 2 is 2.06 bits per heavy atom. The molecule has 2 amide bonds. The number of rotatable bonds is 5. The van der Waals surface area contributed by atoms with Crippen molar-refractivity contribution in [3.63, 3.8) is 0 Å². The summed E-state index contributed by atoms with van der Waals surface area (Å²) in [6.45, 7) is 3.73. The number of carbonyl (C=O) groups is 2. The van der Waals surface area contributed by atoms with Crippen LogP contribution in [0.4, 0.5) is 15.8 Å². The SMILES string of the molecule is CC[C@H]1Oc2cc(S(=O)(=O)N3CCC[C@H](C(=O)Nc4ccccc4F)C3)c(C)cc2NC1=O. The highest BCUT2D eigenvalue weighted by molar-refractivity contribution is 7.89. The van der Waals surface area contributed by atoms with Gasteiger partial charge in [-0.15, -0.1) is 0 Å². The van der Waals surface area contributed by atoms with Gasteiger partial charge in [-0.2, -0.15) is 4.31 Å². The predicted octanol–water partition coefficient (Wildman–Crippen LogP) is 3.28. The summed E-state index contributed by atoms with van der Waals surface area (Å²) in [6.07, 6.45) is 0.773. The Morgan fingerprint density at radius 1 is 1.30 bits per heavy atom. The van der Waals surface area contributed by atoms with Crippen LogP contribution in [-0.4, -0.2) is 43.7 Å². The minimum absolute atomic E-state index is 0.00563. The van der Waals surface area contributed by atoms with Crippen molar-refractivity contribution in [2.75, 3.05) is 23.7 Å². The lowest BCUT2D eigenvalue weighted by atomic mass is 9.98. The van der Waals surface area contributed by atoms with Crippen molar-refractivity contribution in [1.82, 2.24) is 4.31 Å². The molecular formula is C23H26FN3O5S. The lowest BCUT2D eigenvalue weighted by Crippen LogP contribution is -2.44. The summed E-state index contributed by atoms with van der Waals surface area (Å²) in [5, 5.41) is 5.32. The summed E-state index contributed by atoms with van der Waals surface area (Å²) in [4.78, 5) is 24.9. The second-order valence-electron chi connectivity index (χ2n) is 8.29. The van der Waals surface area contributed by atoms with Gasteiger partial charge in [0.15, 0.2) is 6.10 Å². The van der Waals surface area contributed by atoms with E-state index in [1.54, 1.807) is 26.0 Å². The molecule has 0 bridgehead atoms. The first-order valence-electron chi connectivity index (χ1n) is 10.9. The molecule has 0 aromatic heterocycles. The molecule has 10 heteroatoms. The van der Waals surface area contributed by atoms with E-state index in [2.05, 4.69) is 10.6 Å². The van der Waals surface area contributed by atoms with Gasteiger partial charge in [0.25, 0.3) is 5.91 Å². The molecule has 8 nitrogen and oxygen atoms in total. The summed E-state index contributed by atoms with van der Waals surface area (Å²) >= 11 is 0. The maximum Gasteiger partial charge on any atom is 0.265 e. The molecule has 0 radical (unpaired) electrons. The maximum absolute atomic E-state index is 13.9. The number of anilines is 2. The van der Waals surface area contributed by atoms with Gasteiger partial charge in [-0.25, -0.2) is 12.8 Å². The largest absolute Gasteiger partial charge is 0.478 e. The van der Waals surface area contributed by atoms with Crippen molar-refractivity contribution >= 4 is 33.2 Å². The molecule has 2 N–H and O–H groups in total. The highest BCUT2D eigenvalue weighted by Crippen LogP contribution is 2.36. The Kier molecular flexibility index (Phi) is 6.40. The van der Waals surface area contributed by atoms with Crippen LogP contribution in [-0.2, 0) is 19.6 Å². The van der Waals surface area contributed by atoms with Crippen LogP contribution < -0.4 is 15.4 Å². The van der Waals surface area contributed by atoms with E-state index < -0.39 is 33.8 Å². The van der Waals surface area contributed by atoms with Gasteiger partial charge in [-0.1, -0.05) is 19.1 Å². The molecule has 0 aliphatic carbocycles. The Hall–Kier alpha value is -2.98. The van der Waals surface area contributed by atoms with Crippen molar-refractivity contribution in [2.24, 2.45) is 5.92 Å². The second-order valence-corrected chi connectivity index (χ2v) is 10.2. The molecular weight excluding hydrogens is 449 g/mol. The second kappa shape index (κ2) is 9.11. The number of nitrogens with one attached hydrogen (secondary N) is 2. The van der Waals surface area contributed by atoms with E-state index in [0.29, 0.717) is 36.3 Å². The van der Waals surface area contributed by atoms with Gasteiger partial charge in [0.1, 0.15) is 11.6 Å². The van der Waals surface area contributed by atoms with Gasteiger partial charge in [0, 0.05) is 19.2 Å². The molecule has 2 aliphatic heterocycles. The van der Waals surface area contributed by atoms with Crippen LogP contribution in [0.5, 0.6) is 5.75 Å². The number of hydrogen-bond donors (Lipinski definition) is 2. The highest BCUT2D eigenvalue weighted by Gasteiger charge is 2.36. The van der Waals surface area contributed by atoms with Crippen LogP contribution in [0.25, 0.3) is 0 Å². The first-order chi connectivity index (χ1) is 15.7. The molecule has 2 aromatic rings. The maximum atomic E-state index is 13.9. The minimum atomic E-state index is -3.92. The molecule has 1 saturated heterocycles. The smallest absolute Gasteiger partial charge is 0.265 e. The molecule has 0 saturated carbocycles. The molecule has 0 unspecified atom stereocenters. The van der Waals surface area contributed by atoms with Gasteiger partial charge >= 0.3 is 0 Å². The van der Waals surface area contributed by atoms with Crippen molar-refractivity contribution in [3.05, 3.63) is 47.8 Å². The van der Waals surface area contributed by atoms with Gasteiger partial charge in [0.05, 0.1) is 22.2 Å². The molecule has 4 rings (SSSR count). The number of benzene rings is 2. The average Bonchev–Trinajstić information content (AvgIpc) is 2.79. The zero-order valence-electron chi connectivity index (χ0n) is 18.4. The number of amides is 2. The quantitative estimate of drug-likeness (QED) is 0.691. The molecule has 176 valence electrons. The van der Waals surface area contributed by atoms with Crippen LogP contribution in [0, 0.1) is 18.7 Å². The standard InChI is InChI=1S/C23H26FN3O5S/c1-3-19-23(29)26-18-11-14(2)21(12-20(18)32-19)33(30,31)27-10-6-7-15(13-27)22(28)25-17-9-5-4-8-16(17)24/h4-5,8-9,11-12,15,19H,3,6-7,10,13H2,1-2H3,(H,25,28)(H,26,29)/t15-,19+/m0/s1. The molecule has 0 spiro atoms. The molecule has 2 atom stereocenters. The molecule has 2 heterocycles. The Morgan fingerprint density at radius 3 is 2.79 bits per heavy atom. The third-order valence-corrected chi connectivity index (χ3v) is 7.98. The summed E-state index contributed by atoms with van der Waals surface area (Å²) in [7, 11) is -3.92. The van der Waals surface area contributed by atoms with Gasteiger partial charge in [-0.3, -0.25) is 9.59 Å². The fourth-order valence-corrected chi connectivity index (χ4v) is 5.89. The van der Waals surface area contributed by atoms with Crippen LogP contribution in [0.1, 0.15) is 31.7 Å². The molecule has 2 aromatic carbocycles. The fraction of sp³-hybridized carbons (Fsp3) is 0.391.